The second-order valence-electron chi connectivity index (χ2n) is 5.87. The minimum atomic E-state index is -0.324. The monoisotopic (exact) mass is 289 g/mol. The van der Waals surface area contributed by atoms with Crippen LogP contribution >= 0.6 is 0 Å². The summed E-state index contributed by atoms with van der Waals surface area (Å²) in [4.78, 5) is 25.3. The molecule has 2 N–H and O–H groups in total. The predicted octanol–water partition coefficient (Wildman–Crippen LogP) is 2.32. The Bertz CT molecular complexity index is 524. The van der Waals surface area contributed by atoms with Crippen LogP contribution in [-0.2, 0) is 4.79 Å². The van der Waals surface area contributed by atoms with Gasteiger partial charge in [-0.25, -0.2) is 4.79 Å². The van der Waals surface area contributed by atoms with E-state index in [1.54, 1.807) is 0 Å². The summed E-state index contributed by atoms with van der Waals surface area (Å²) >= 11 is 0. The summed E-state index contributed by atoms with van der Waals surface area (Å²) in [6, 6.07) is 7.81. The maximum absolute atomic E-state index is 12.1. The molecule has 3 amide bonds. The average Bonchev–Trinajstić information content (AvgIpc) is 2.37. The molecule has 114 valence electrons. The molecule has 0 aliphatic carbocycles. The zero-order chi connectivity index (χ0) is 15.6. The highest BCUT2D eigenvalue weighted by molar-refractivity contribution is 5.97. The Labute approximate surface area is 125 Å². The lowest BCUT2D eigenvalue weighted by atomic mass is 10.0. The van der Waals surface area contributed by atoms with E-state index in [-0.39, 0.29) is 36.6 Å². The van der Waals surface area contributed by atoms with Crippen molar-refractivity contribution in [1.29, 1.82) is 0 Å². The van der Waals surface area contributed by atoms with Crippen LogP contribution in [0.5, 0.6) is 0 Å². The molecule has 5 heteroatoms. The Morgan fingerprint density at radius 3 is 2.57 bits per heavy atom. The van der Waals surface area contributed by atoms with Crippen molar-refractivity contribution < 1.29 is 9.59 Å². The van der Waals surface area contributed by atoms with Gasteiger partial charge in [0.05, 0.1) is 12.6 Å². The minimum Gasteiger partial charge on any atom is -0.322 e. The number of benzene rings is 1. The largest absolute Gasteiger partial charge is 0.325 e. The number of carbonyl (C=O) groups is 2. The third-order valence-corrected chi connectivity index (χ3v) is 3.67. The van der Waals surface area contributed by atoms with Gasteiger partial charge >= 0.3 is 6.03 Å². The first-order valence-electron chi connectivity index (χ1n) is 7.33. The van der Waals surface area contributed by atoms with Crippen molar-refractivity contribution in [3.05, 3.63) is 35.4 Å². The molecule has 2 rings (SSSR count). The molecule has 1 fully saturated rings. The van der Waals surface area contributed by atoms with Crippen molar-refractivity contribution in [1.82, 2.24) is 15.5 Å². The van der Waals surface area contributed by atoms with Crippen LogP contribution in [0.15, 0.2) is 24.3 Å². The highest BCUT2D eigenvalue weighted by Gasteiger charge is 2.33. The summed E-state index contributed by atoms with van der Waals surface area (Å²) in [5.74, 6) is -0.136. The Hall–Kier alpha value is -1.88. The van der Waals surface area contributed by atoms with Gasteiger partial charge in [0.25, 0.3) is 0 Å². The van der Waals surface area contributed by atoms with Crippen molar-refractivity contribution in [2.45, 2.75) is 52.4 Å². The Kier molecular flexibility index (Phi) is 4.63. The molecule has 2 atom stereocenters. The SMILES string of the molecule is Cc1cccc([C@H](C)NC2CC(=O)N(C(C)C)C(=O)N2)c1. The molecule has 1 aromatic carbocycles. The van der Waals surface area contributed by atoms with Gasteiger partial charge in [-0.15, -0.1) is 0 Å². The number of rotatable bonds is 4. The first kappa shape index (κ1) is 15.5. The van der Waals surface area contributed by atoms with Crippen LogP contribution in [0.25, 0.3) is 0 Å². The highest BCUT2D eigenvalue weighted by Crippen LogP contribution is 2.17. The molecule has 1 unspecified atom stereocenters. The van der Waals surface area contributed by atoms with Crippen LogP contribution in [0.4, 0.5) is 4.79 Å². The van der Waals surface area contributed by atoms with Gasteiger partial charge in [0.1, 0.15) is 0 Å². The van der Waals surface area contributed by atoms with Crippen molar-refractivity contribution in [3.8, 4) is 0 Å². The van der Waals surface area contributed by atoms with E-state index in [1.165, 1.54) is 10.5 Å². The minimum absolute atomic E-state index is 0.0635. The van der Waals surface area contributed by atoms with Crippen molar-refractivity contribution in [2.24, 2.45) is 0 Å². The quantitative estimate of drug-likeness (QED) is 0.894. The van der Waals surface area contributed by atoms with E-state index in [1.807, 2.05) is 45.9 Å². The topological polar surface area (TPSA) is 61.4 Å². The third-order valence-electron chi connectivity index (χ3n) is 3.67. The fraction of sp³-hybridized carbons (Fsp3) is 0.500. The molecule has 1 aliphatic heterocycles. The maximum Gasteiger partial charge on any atom is 0.325 e. The van der Waals surface area contributed by atoms with Crippen molar-refractivity contribution in [2.75, 3.05) is 0 Å². The number of imide groups is 1. The lowest BCUT2D eigenvalue weighted by molar-refractivity contribution is -0.131. The molecule has 1 heterocycles. The van der Waals surface area contributed by atoms with E-state index in [0.717, 1.165) is 5.56 Å². The highest BCUT2D eigenvalue weighted by atomic mass is 16.2. The Balaban J connectivity index is 2.01. The molecule has 0 spiro atoms. The number of amides is 3. The Morgan fingerprint density at radius 1 is 1.29 bits per heavy atom. The summed E-state index contributed by atoms with van der Waals surface area (Å²) in [5, 5.41) is 6.15. The molecular formula is C16H23N3O2. The van der Waals surface area contributed by atoms with Gasteiger partial charge in [-0.05, 0) is 33.3 Å². The summed E-state index contributed by atoms with van der Waals surface area (Å²) in [6.45, 7) is 7.74. The smallest absolute Gasteiger partial charge is 0.322 e. The van der Waals surface area contributed by atoms with Gasteiger partial charge in [0, 0.05) is 12.1 Å². The van der Waals surface area contributed by atoms with Crippen LogP contribution in [0.2, 0.25) is 0 Å². The van der Waals surface area contributed by atoms with Gasteiger partial charge in [0.15, 0.2) is 0 Å². The predicted molar refractivity (Wildman–Crippen MR) is 81.6 cm³/mol. The van der Waals surface area contributed by atoms with Gasteiger partial charge in [-0.1, -0.05) is 29.8 Å². The molecule has 21 heavy (non-hydrogen) atoms. The lowest BCUT2D eigenvalue weighted by Crippen LogP contribution is -2.61. The molecule has 0 radical (unpaired) electrons. The van der Waals surface area contributed by atoms with Crippen molar-refractivity contribution in [3.63, 3.8) is 0 Å². The van der Waals surface area contributed by atoms with Gasteiger partial charge in [-0.2, -0.15) is 0 Å². The van der Waals surface area contributed by atoms with Crippen LogP contribution in [0.3, 0.4) is 0 Å². The summed E-state index contributed by atoms with van der Waals surface area (Å²) in [6.07, 6.45) is -0.0457. The van der Waals surface area contributed by atoms with Gasteiger partial charge in [-0.3, -0.25) is 15.0 Å². The average molecular weight is 289 g/mol. The summed E-state index contributed by atoms with van der Waals surface area (Å²) < 4.78 is 0. The molecule has 5 nitrogen and oxygen atoms in total. The molecule has 0 bridgehead atoms. The van der Waals surface area contributed by atoms with E-state index in [0.29, 0.717) is 0 Å². The van der Waals surface area contributed by atoms with E-state index in [2.05, 4.69) is 16.7 Å². The number of nitrogens with zero attached hydrogens (tertiary/aromatic N) is 1. The molecule has 1 aliphatic rings. The number of urea groups is 1. The van der Waals surface area contributed by atoms with E-state index >= 15 is 0 Å². The molecule has 0 saturated carbocycles. The molecular weight excluding hydrogens is 266 g/mol. The van der Waals surface area contributed by atoms with Gasteiger partial charge < -0.3 is 5.32 Å². The number of nitrogens with one attached hydrogen (secondary N) is 2. The van der Waals surface area contributed by atoms with Crippen LogP contribution in [0, 0.1) is 6.92 Å². The molecule has 1 aromatic rings. The maximum atomic E-state index is 12.1. The number of hydrogen-bond acceptors (Lipinski definition) is 3. The lowest BCUT2D eigenvalue weighted by Gasteiger charge is -2.35. The second kappa shape index (κ2) is 6.26. The van der Waals surface area contributed by atoms with Crippen LogP contribution < -0.4 is 10.6 Å². The fourth-order valence-corrected chi connectivity index (χ4v) is 2.62. The first-order chi connectivity index (χ1) is 9.88. The zero-order valence-electron chi connectivity index (χ0n) is 13.0. The first-order valence-corrected chi connectivity index (χ1v) is 7.33. The molecule has 0 aromatic heterocycles. The zero-order valence-corrected chi connectivity index (χ0v) is 13.0. The second-order valence-corrected chi connectivity index (χ2v) is 5.87. The van der Waals surface area contributed by atoms with Crippen LogP contribution in [-0.4, -0.2) is 29.0 Å². The number of carbonyl (C=O) groups excluding carboxylic acids is 2. The summed E-state index contributed by atoms with van der Waals surface area (Å²) in [7, 11) is 0. The number of hydrogen-bond donors (Lipinski definition) is 2. The normalized spacial score (nSPS) is 20.6. The van der Waals surface area contributed by atoms with Crippen LogP contribution in [0.1, 0.15) is 44.4 Å². The van der Waals surface area contributed by atoms with E-state index in [9.17, 15) is 9.59 Å². The standard InChI is InChI=1S/C16H23N3O2/c1-10(2)19-15(20)9-14(18-16(19)21)17-12(4)13-7-5-6-11(3)8-13/h5-8,10,12,14,17H,9H2,1-4H3,(H,18,21)/t12-,14?/m0/s1. The fourth-order valence-electron chi connectivity index (χ4n) is 2.62. The summed E-state index contributed by atoms with van der Waals surface area (Å²) in [5.41, 5.74) is 2.33. The molecule has 1 saturated heterocycles. The Morgan fingerprint density at radius 2 is 2.00 bits per heavy atom. The van der Waals surface area contributed by atoms with Gasteiger partial charge in [0.2, 0.25) is 5.91 Å². The number of aryl methyl sites for hydroxylation is 1. The van der Waals surface area contributed by atoms with Crippen molar-refractivity contribution >= 4 is 11.9 Å². The van der Waals surface area contributed by atoms with E-state index in [4.69, 9.17) is 0 Å². The van der Waals surface area contributed by atoms with E-state index < -0.39 is 0 Å². The third kappa shape index (κ3) is 3.61.